The highest BCUT2D eigenvalue weighted by atomic mass is 19.1. The molecule has 1 aromatic carbocycles. The van der Waals surface area contributed by atoms with Crippen molar-refractivity contribution in [3.8, 4) is 0 Å². The van der Waals surface area contributed by atoms with Crippen molar-refractivity contribution in [2.45, 2.75) is 33.4 Å². The zero-order valence-electron chi connectivity index (χ0n) is 11.9. The standard InChI is InChI=1S/C16H23FN2/c1-3-18-11-14-4-5-16(17)15(10-14)12-19-8-6-13(2)7-9-19/h4-6,10,18H,3,7-9,11-12H2,1-2H3. The molecule has 0 fully saturated rings. The molecule has 19 heavy (non-hydrogen) atoms. The lowest BCUT2D eigenvalue weighted by atomic mass is 10.1. The van der Waals surface area contributed by atoms with Gasteiger partial charge in [-0.15, -0.1) is 0 Å². The van der Waals surface area contributed by atoms with Crippen LogP contribution >= 0.6 is 0 Å². The van der Waals surface area contributed by atoms with Crippen LogP contribution in [0, 0.1) is 5.82 Å². The van der Waals surface area contributed by atoms with E-state index in [-0.39, 0.29) is 5.82 Å². The van der Waals surface area contributed by atoms with Crippen molar-refractivity contribution in [1.82, 2.24) is 10.2 Å². The summed E-state index contributed by atoms with van der Waals surface area (Å²) in [6.45, 7) is 8.64. The highest BCUT2D eigenvalue weighted by Crippen LogP contribution is 2.16. The summed E-state index contributed by atoms with van der Waals surface area (Å²) in [6.07, 6.45) is 3.34. The van der Waals surface area contributed by atoms with Crippen LogP contribution in [0.3, 0.4) is 0 Å². The fraction of sp³-hybridized carbons (Fsp3) is 0.500. The summed E-state index contributed by atoms with van der Waals surface area (Å²) in [5, 5.41) is 3.28. The smallest absolute Gasteiger partial charge is 0.127 e. The first-order valence-corrected chi connectivity index (χ1v) is 7.05. The van der Waals surface area contributed by atoms with Crippen molar-refractivity contribution in [1.29, 1.82) is 0 Å². The molecule has 3 heteroatoms. The SMILES string of the molecule is CCNCc1ccc(F)c(CN2CC=C(C)CC2)c1. The quantitative estimate of drug-likeness (QED) is 0.820. The lowest BCUT2D eigenvalue weighted by Gasteiger charge is -2.25. The lowest BCUT2D eigenvalue weighted by molar-refractivity contribution is 0.281. The summed E-state index contributed by atoms with van der Waals surface area (Å²) in [7, 11) is 0. The molecule has 1 aliphatic rings. The molecule has 2 rings (SSSR count). The third-order valence-electron chi connectivity index (χ3n) is 3.60. The van der Waals surface area contributed by atoms with Crippen molar-refractivity contribution in [2.75, 3.05) is 19.6 Å². The zero-order chi connectivity index (χ0) is 13.7. The van der Waals surface area contributed by atoms with E-state index in [4.69, 9.17) is 0 Å². The molecule has 0 amide bonds. The van der Waals surface area contributed by atoms with Crippen LogP contribution in [0.25, 0.3) is 0 Å². The van der Waals surface area contributed by atoms with Gasteiger partial charge < -0.3 is 5.32 Å². The molecule has 0 radical (unpaired) electrons. The zero-order valence-corrected chi connectivity index (χ0v) is 11.9. The molecule has 1 heterocycles. The predicted octanol–water partition coefficient (Wildman–Crippen LogP) is 3.09. The van der Waals surface area contributed by atoms with Crippen LogP contribution in [0.2, 0.25) is 0 Å². The molecule has 1 N–H and O–H groups in total. The number of rotatable bonds is 5. The van der Waals surface area contributed by atoms with Gasteiger partial charge in [-0.05, 0) is 31.5 Å². The average molecular weight is 262 g/mol. The topological polar surface area (TPSA) is 15.3 Å². The normalized spacial score (nSPS) is 16.5. The van der Waals surface area contributed by atoms with Crippen LogP contribution in [0.15, 0.2) is 29.8 Å². The van der Waals surface area contributed by atoms with Crippen molar-refractivity contribution in [3.05, 3.63) is 46.8 Å². The summed E-state index contributed by atoms with van der Waals surface area (Å²) in [6, 6.07) is 5.44. The van der Waals surface area contributed by atoms with Gasteiger partial charge in [-0.25, -0.2) is 4.39 Å². The predicted molar refractivity (Wildman–Crippen MR) is 77.4 cm³/mol. The van der Waals surface area contributed by atoms with Gasteiger partial charge in [0.05, 0.1) is 0 Å². The Morgan fingerprint density at radius 2 is 2.21 bits per heavy atom. The van der Waals surface area contributed by atoms with E-state index in [1.54, 1.807) is 6.07 Å². The molecule has 0 aliphatic carbocycles. The molecule has 1 aliphatic heterocycles. The Balaban J connectivity index is 2.02. The third kappa shape index (κ3) is 4.15. The molecule has 0 bridgehead atoms. The van der Waals surface area contributed by atoms with Gasteiger partial charge in [-0.1, -0.05) is 30.7 Å². The van der Waals surface area contributed by atoms with Crippen molar-refractivity contribution in [2.24, 2.45) is 0 Å². The van der Waals surface area contributed by atoms with Crippen molar-refractivity contribution < 1.29 is 4.39 Å². The van der Waals surface area contributed by atoms with E-state index in [0.717, 1.165) is 43.7 Å². The fourth-order valence-corrected chi connectivity index (χ4v) is 2.33. The second-order valence-electron chi connectivity index (χ2n) is 5.24. The maximum atomic E-state index is 13.9. The highest BCUT2D eigenvalue weighted by molar-refractivity contribution is 5.25. The van der Waals surface area contributed by atoms with Crippen LogP contribution in [0.5, 0.6) is 0 Å². The Labute approximate surface area is 115 Å². The Morgan fingerprint density at radius 3 is 2.89 bits per heavy atom. The van der Waals surface area contributed by atoms with E-state index in [1.807, 2.05) is 12.1 Å². The first kappa shape index (κ1) is 14.2. The molecule has 0 atom stereocenters. The van der Waals surface area contributed by atoms with E-state index < -0.39 is 0 Å². The summed E-state index contributed by atoms with van der Waals surface area (Å²) >= 11 is 0. The second kappa shape index (κ2) is 6.83. The Kier molecular flexibility index (Phi) is 5.11. The minimum absolute atomic E-state index is 0.0912. The first-order chi connectivity index (χ1) is 9.19. The van der Waals surface area contributed by atoms with Crippen molar-refractivity contribution >= 4 is 0 Å². The van der Waals surface area contributed by atoms with E-state index in [0.29, 0.717) is 6.54 Å². The molecule has 104 valence electrons. The fourth-order valence-electron chi connectivity index (χ4n) is 2.33. The first-order valence-electron chi connectivity index (χ1n) is 7.05. The Hall–Kier alpha value is -1.19. The van der Waals surface area contributed by atoms with E-state index >= 15 is 0 Å². The molecule has 0 unspecified atom stereocenters. The number of benzene rings is 1. The van der Waals surface area contributed by atoms with Crippen molar-refractivity contribution in [3.63, 3.8) is 0 Å². The van der Waals surface area contributed by atoms with Gasteiger partial charge in [0.15, 0.2) is 0 Å². The maximum Gasteiger partial charge on any atom is 0.127 e. The maximum absolute atomic E-state index is 13.9. The summed E-state index contributed by atoms with van der Waals surface area (Å²) in [5.41, 5.74) is 3.41. The molecule has 1 aromatic rings. The molecule has 0 aromatic heterocycles. The van der Waals surface area contributed by atoms with Crippen LogP contribution in [-0.2, 0) is 13.1 Å². The summed E-state index contributed by atoms with van der Waals surface area (Å²) in [5.74, 6) is -0.0912. The molecule has 0 saturated carbocycles. The molecule has 2 nitrogen and oxygen atoms in total. The number of nitrogens with zero attached hydrogens (tertiary/aromatic N) is 1. The van der Waals surface area contributed by atoms with Gasteiger partial charge >= 0.3 is 0 Å². The van der Waals surface area contributed by atoms with Gasteiger partial charge in [-0.3, -0.25) is 4.90 Å². The Morgan fingerprint density at radius 1 is 1.37 bits per heavy atom. The van der Waals surface area contributed by atoms with Gasteiger partial charge in [0.2, 0.25) is 0 Å². The molecule has 0 saturated heterocycles. The number of nitrogens with one attached hydrogen (secondary N) is 1. The van der Waals surface area contributed by atoms with Gasteiger partial charge in [0.1, 0.15) is 5.82 Å². The largest absolute Gasteiger partial charge is 0.313 e. The van der Waals surface area contributed by atoms with Gasteiger partial charge in [0.25, 0.3) is 0 Å². The molecular formula is C16H23FN2. The van der Waals surface area contributed by atoms with Crippen LogP contribution in [0.1, 0.15) is 31.4 Å². The van der Waals surface area contributed by atoms with Gasteiger partial charge in [-0.2, -0.15) is 0 Å². The van der Waals surface area contributed by atoms with E-state index in [1.165, 1.54) is 5.57 Å². The molecule has 0 spiro atoms. The van der Waals surface area contributed by atoms with E-state index in [9.17, 15) is 4.39 Å². The molecular weight excluding hydrogens is 239 g/mol. The second-order valence-corrected chi connectivity index (χ2v) is 5.24. The van der Waals surface area contributed by atoms with Gasteiger partial charge in [0, 0.05) is 31.7 Å². The third-order valence-corrected chi connectivity index (χ3v) is 3.60. The minimum atomic E-state index is -0.0912. The monoisotopic (exact) mass is 262 g/mol. The van der Waals surface area contributed by atoms with E-state index in [2.05, 4.69) is 30.1 Å². The summed E-state index contributed by atoms with van der Waals surface area (Å²) < 4.78 is 13.9. The average Bonchev–Trinajstić information content (AvgIpc) is 2.42. The summed E-state index contributed by atoms with van der Waals surface area (Å²) in [4.78, 5) is 2.29. The number of halogens is 1. The van der Waals surface area contributed by atoms with Crippen LogP contribution in [0.4, 0.5) is 4.39 Å². The van der Waals surface area contributed by atoms with Crippen LogP contribution in [-0.4, -0.2) is 24.5 Å². The minimum Gasteiger partial charge on any atom is -0.313 e. The Bertz CT molecular complexity index is 454. The number of hydrogen-bond acceptors (Lipinski definition) is 2. The lowest BCUT2D eigenvalue weighted by Crippen LogP contribution is -2.28. The number of hydrogen-bond donors (Lipinski definition) is 1. The van der Waals surface area contributed by atoms with Crippen LogP contribution < -0.4 is 5.32 Å². The highest BCUT2D eigenvalue weighted by Gasteiger charge is 2.12.